The van der Waals surface area contributed by atoms with Crippen LogP contribution in [0.2, 0.25) is 0 Å². The SMILES string of the molecule is COc1ccc(/C=N\OCc2nc3c4c5c(sc4ncn3n2)C[C@H](C)CC5)cc1. The Bertz CT molecular complexity index is 1200. The summed E-state index contributed by atoms with van der Waals surface area (Å²) in [6.45, 7) is 2.52. The van der Waals surface area contributed by atoms with Crippen molar-refractivity contribution in [2.24, 2.45) is 11.1 Å². The summed E-state index contributed by atoms with van der Waals surface area (Å²) in [7, 11) is 1.64. The van der Waals surface area contributed by atoms with Crippen molar-refractivity contribution < 1.29 is 9.57 Å². The molecule has 3 aromatic heterocycles. The zero-order valence-electron chi connectivity index (χ0n) is 16.3. The normalized spacial score (nSPS) is 16.6. The minimum atomic E-state index is 0.208. The Morgan fingerprint density at radius 1 is 1.31 bits per heavy atom. The van der Waals surface area contributed by atoms with Crippen molar-refractivity contribution in [3.05, 3.63) is 52.4 Å². The quantitative estimate of drug-likeness (QED) is 0.369. The van der Waals surface area contributed by atoms with E-state index in [1.165, 1.54) is 16.9 Å². The second kappa shape index (κ2) is 7.44. The Morgan fingerprint density at radius 2 is 2.17 bits per heavy atom. The second-order valence-electron chi connectivity index (χ2n) is 7.35. The fourth-order valence-corrected chi connectivity index (χ4v) is 5.07. The first-order valence-corrected chi connectivity index (χ1v) is 10.5. The highest BCUT2D eigenvalue weighted by Gasteiger charge is 2.23. The topological polar surface area (TPSA) is 73.9 Å². The molecule has 4 aromatic rings. The Kier molecular flexibility index (Phi) is 4.63. The molecule has 0 radical (unpaired) electrons. The van der Waals surface area contributed by atoms with Gasteiger partial charge in [-0.2, -0.15) is 0 Å². The molecule has 148 valence electrons. The molecule has 0 saturated carbocycles. The lowest BCUT2D eigenvalue weighted by molar-refractivity contribution is 0.126. The highest BCUT2D eigenvalue weighted by atomic mass is 32.1. The minimum absolute atomic E-state index is 0.208. The molecule has 1 aromatic carbocycles. The third-order valence-electron chi connectivity index (χ3n) is 5.26. The van der Waals surface area contributed by atoms with Crippen LogP contribution in [-0.4, -0.2) is 32.9 Å². The largest absolute Gasteiger partial charge is 0.497 e. The van der Waals surface area contributed by atoms with E-state index in [0.717, 1.165) is 45.9 Å². The van der Waals surface area contributed by atoms with Gasteiger partial charge in [-0.15, -0.1) is 16.4 Å². The molecule has 1 aliphatic carbocycles. The Labute approximate surface area is 172 Å². The van der Waals surface area contributed by atoms with E-state index in [0.29, 0.717) is 5.82 Å². The second-order valence-corrected chi connectivity index (χ2v) is 8.44. The minimum Gasteiger partial charge on any atom is -0.497 e. The smallest absolute Gasteiger partial charge is 0.192 e. The van der Waals surface area contributed by atoms with E-state index in [1.54, 1.807) is 35.5 Å². The molecular formula is C21H21N5O2S. The van der Waals surface area contributed by atoms with Crippen LogP contribution in [0.25, 0.3) is 15.9 Å². The van der Waals surface area contributed by atoms with Gasteiger partial charge in [0, 0.05) is 4.88 Å². The van der Waals surface area contributed by atoms with Gasteiger partial charge in [0.15, 0.2) is 18.1 Å². The van der Waals surface area contributed by atoms with Crippen molar-refractivity contribution in [2.45, 2.75) is 32.8 Å². The molecule has 8 heteroatoms. The van der Waals surface area contributed by atoms with Crippen LogP contribution in [0.15, 0.2) is 35.7 Å². The third-order valence-corrected chi connectivity index (χ3v) is 6.42. The molecule has 0 spiro atoms. The van der Waals surface area contributed by atoms with Crippen LogP contribution in [0.1, 0.15) is 35.2 Å². The van der Waals surface area contributed by atoms with Gasteiger partial charge >= 0.3 is 0 Å². The van der Waals surface area contributed by atoms with Gasteiger partial charge in [0.2, 0.25) is 0 Å². The molecule has 7 nitrogen and oxygen atoms in total. The molecule has 0 saturated heterocycles. The molecule has 0 unspecified atom stereocenters. The number of nitrogens with zero attached hydrogens (tertiary/aromatic N) is 5. The Balaban J connectivity index is 1.35. The van der Waals surface area contributed by atoms with Gasteiger partial charge in [0.25, 0.3) is 0 Å². The van der Waals surface area contributed by atoms with Crippen molar-refractivity contribution in [3.8, 4) is 5.75 Å². The van der Waals surface area contributed by atoms with Crippen LogP contribution in [0.5, 0.6) is 5.75 Å². The van der Waals surface area contributed by atoms with Gasteiger partial charge in [-0.25, -0.2) is 14.5 Å². The van der Waals surface area contributed by atoms with Gasteiger partial charge < -0.3 is 9.57 Å². The summed E-state index contributed by atoms with van der Waals surface area (Å²) < 4.78 is 6.90. The number of ether oxygens (including phenoxy) is 1. The summed E-state index contributed by atoms with van der Waals surface area (Å²) in [6, 6.07) is 7.59. The summed E-state index contributed by atoms with van der Waals surface area (Å²) in [5, 5.41) is 9.68. The monoisotopic (exact) mass is 407 g/mol. The van der Waals surface area contributed by atoms with Gasteiger partial charge in [-0.3, -0.25) is 0 Å². The maximum Gasteiger partial charge on any atom is 0.192 e. The van der Waals surface area contributed by atoms with E-state index in [4.69, 9.17) is 14.6 Å². The van der Waals surface area contributed by atoms with Crippen LogP contribution in [-0.2, 0) is 24.3 Å². The number of oxime groups is 1. The molecule has 0 amide bonds. The van der Waals surface area contributed by atoms with Crippen molar-refractivity contribution in [1.29, 1.82) is 0 Å². The van der Waals surface area contributed by atoms with Gasteiger partial charge in [-0.1, -0.05) is 12.1 Å². The summed E-state index contributed by atoms with van der Waals surface area (Å²) in [4.78, 5) is 17.2. The van der Waals surface area contributed by atoms with Gasteiger partial charge in [0.05, 0.1) is 18.7 Å². The maximum absolute atomic E-state index is 5.41. The molecule has 1 aliphatic rings. The number of benzene rings is 1. The lowest BCUT2D eigenvalue weighted by atomic mass is 9.89. The van der Waals surface area contributed by atoms with Crippen LogP contribution in [0, 0.1) is 5.92 Å². The highest BCUT2D eigenvalue weighted by Crippen LogP contribution is 2.38. The number of hydrogen-bond acceptors (Lipinski definition) is 7. The predicted octanol–water partition coefficient (Wildman–Crippen LogP) is 4.02. The van der Waals surface area contributed by atoms with Crippen LogP contribution < -0.4 is 4.74 Å². The van der Waals surface area contributed by atoms with Crippen LogP contribution in [0.4, 0.5) is 0 Å². The summed E-state index contributed by atoms with van der Waals surface area (Å²) in [5.41, 5.74) is 3.19. The number of methoxy groups -OCH3 is 1. The van der Waals surface area contributed by atoms with E-state index in [2.05, 4.69) is 22.2 Å². The average molecular weight is 407 g/mol. The number of hydrogen-bond donors (Lipinski definition) is 0. The zero-order valence-corrected chi connectivity index (χ0v) is 17.1. The van der Waals surface area contributed by atoms with Crippen molar-refractivity contribution in [1.82, 2.24) is 19.6 Å². The van der Waals surface area contributed by atoms with Crippen molar-refractivity contribution in [3.63, 3.8) is 0 Å². The molecule has 0 aliphatic heterocycles. The summed E-state index contributed by atoms with van der Waals surface area (Å²) in [6.07, 6.45) is 6.82. The van der Waals surface area contributed by atoms with Crippen molar-refractivity contribution >= 4 is 33.4 Å². The van der Waals surface area contributed by atoms with Crippen molar-refractivity contribution in [2.75, 3.05) is 7.11 Å². The molecule has 29 heavy (non-hydrogen) atoms. The van der Waals surface area contributed by atoms with E-state index < -0.39 is 0 Å². The van der Waals surface area contributed by atoms with Crippen LogP contribution >= 0.6 is 11.3 Å². The predicted molar refractivity (Wildman–Crippen MR) is 113 cm³/mol. The van der Waals surface area contributed by atoms with Gasteiger partial charge in [-0.05, 0) is 60.6 Å². The molecule has 0 N–H and O–H groups in total. The number of aromatic nitrogens is 4. The molecule has 0 bridgehead atoms. The fraction of sp³-hybridized carbons (Fsp3) is 0.333. The first-order valence-electron chi connectivity index (χ1n) is 9.65. The average Bonchev–Trinajstić information content (AvgIpc) is 3.31. The van der Waals surface area contributed by atoms with E-state index in [1.807, 2.05) is 24.3 Å². The standard InChI is InChI=1S/C21H21N5O2S/c1-13-3-8-16-17(9-13)29-21-19(16)20-24-18(25-26(20)12-22-21)11-28-23-10-14-4-6-15(27-2)7-5-14/h4-7,10,12-13H,3,8-9,11H2,1-2H3/b23-10-/t13-/m1/s1. The molecule has 1 atom stereocenters. The molecular weight excluding hydrogens is 386 g/mol. The first kappa shape index (κ1) is 18.1. The number of rotatable bonds is 5. The molecule has 3 heterocycles. The van der Waals surface area contributed by atoms with E-state index in [9.17, 15) is 0 Å². The van der Waals surface area contributed by atoms with E-state index in [-0.39, 0.29) is 6.61 Å². The lowest BCUT2D eigenvalue weighted by Crippen LogP contribution is -2.08. The highest BCUT2D eigenvalue weighted by molar-refractivity contribution is 7.19. The number of thiophene rings is 1. The zero-order chi connectivity index (χ0) is 19.8. The maximum atomic E-state index is 5.41. The van der Waals surface area contributed by atoms with Crippen LogP contribution in [0.3, 0.4) is 0 Å². The molecule has 0 fully saturated rings. The first-order chi connectivity index (χ1) is 14.2. The summed E-state index contributed by atoms with van der Waals surface area (Å²) >= 11 is 1.79. The summed E-state index contributed by atoms with van der Waals surface area (Å²) in [5.74, 6) is 2.13. The number of aryl methyl sites for hydroxylation is 1. The number of fused-ring (bicyclic) bond motifs is 5. The van der Waals surface area contributed by atoms with E-state index >= 15 is 0 Å². The van der Waals surface area contributed by atoms with Gasteiger partial charge in [0.1, 0.15) is 16.9 Å². The Hall–Kier alpha value is -3.00. The third kappa shape index (κ3) is 3.44. The lowest BCUT2D eigenvalue weighted by Gasteiger charge is -2.17. The molecule has 5 rings (SSSR count). The Morgan fingerprint density at radius 3 is 3.00 bits per heavy atom. The fourth-order valence-electron chi connectivity index (χ4n) is 3.73.